The molecule has 7 heteroatoms. The maximum atomic E-state index is 10.5. The summed E-state index contributed by atoms with van der Waals surface area (Å²) in [4.78, 5) is 10.0. The van der Waals surface area contributed by atoms with E-state index in [2.05, 4.69) is 5.32 Å². The van der Waals surface area contributed by atoms with E-state index < -0.39 is 10.5 Å². The Labute approximate surface area is 110 Å². The highest BCUT2D eigenvalue weighted by atomic mass is 16.6. The average Bonchev–Trinajstić information content (AvgIpc) is 2.45. The van der Waals surface area contributed by atoms with Crippen LogP contribution in [-0.4, -0.2) is 52.1 Å². The van der Waals surface area contributed by atoms with Gasteiger partial charge in [-0.15, -0.1) is 0 Å². The van der Waals surface area contributed by atoms with E-state index in [-0.39, 0.29) is 25.5 Å². The first-order chi connectivity index (χ1) is 9.06. The lowest BCUT2D eigenvalue weighted by Crippen LogP contribution is -2.55. The molecule has 0 aliphatic heterocycles. The quantitative estimate of drug-likeness (QED) is 0.372. The van der Waals surface area contributed by atoms with E-state index in [0.717, 1.165) is 5.56 Å². The van der Waals surface area contributed by atoms with E-state index in [9.17, 15) is 10.1 Å². The lowest BCUT2D eigenvalue weighted by Gasteiger charge is -2.28. The number of nitrogens with one attached hydrogen (secondary N) is 1. The number of aliphatic hydroxyl groups excluding tert-OH is 3. The van der Waals surface area contributed by atoms with E-state index in [4.69, 9.17) is 15.3 Å². The van der Waals surface area contributed by atoms with Gasteiger partial charge in [0.1, 0.15) is 0 Å². The molecule has 0 saturated carbocycles. The molecule has 0 unspecified atom stereocenters. The standard InChI is InChI=1S/C12H18N2O5/c15-7-12(8-16,9-17)13-6-5-10-1-3-11(4-2-10)14(18)19/h1-4,13,15-17H,5-9H2. The van der Waals surface area contributed by atoms with Crippen molar-refractivity contribution < 1.29 is 20.2 Å². The van der Waals surface area contributed by atoms with Crippen LogP contribution in [0.1, 0.15) is 5.56 Å². The van der Waals surface area contributed by atoms with Crippen molar-refractivity contribution in [3.8, 4) is 0 Å². The van der Waals surface area contributed by atoms with Crippen LogP contribution in [0.15, 0.2) is 24.3 Å². The zero-order chi connectivity index (χ0) is 14.3. The van der Waals surface area contributed by atoms with Crippen LogP contribution < -0.4 is 5.32 Å². The monoisotopic (exact) mass is 270 g/mol. The minimum absolute atomic E-state index is 0.0344. The second-order valence-corrected chi connectivity index (χ2v) is 4.36. The Morgan fingerprint density at radius 3 is 2.05 bits per heavy atom. The molecule has 1 aromatic rings. The van der Waals surface area contributed by atoms with Crippen molar-refractivity contribution in [2.24, 2.45) is 0 Å². The Bertz CT molecular complexity index is 395. The van der Waals surface area contributed by atoms with Gasteiger partial charge in [0.25, 0.3) is 5.69 Å². The molecule has 106 valence electrons. The minimum Gasteiger partial charge on any atom is -0.394 e. The summed E-state index contributed by atoms with van der Waals surface area (Å²) in [5.41, 5.74) is -0.172. The van der Waals surface area contributed by atoms with Crippen LogP contribution >= 0.6 is 0 Å². The Hall–Kier alpha value is -1.54. The molecular weight excluding hydrogens is 252 g/mol. The first-order valence-corrected chi connectivity index (χ1v) is 5.88. The summed E-state index contributed by atoms with van der Waals surface area (Å²) >= 11 is 0. The van der Waals surface area contributed by atoms with Crippen molar-refractivity contribution in [3.05, 3.63) is 39.9 Å². The number of nitro groups is 1. The third kappa shape index (κ3) is 4.25. The van der Waals surface area contributed by atoms with Crippen LogP contribution in [-0.2, 0) is 6.42 Å². The highest BCUT2D eigenvalue weighted by Crippen LogP contribution is 2.12. The average molecular weight is 270 g/mol. The smallest absolute Gasteiger partial charge is 0.269 e. The third-order valence-electron chi connectivity index (χ3n) is 2.97. The number of hydrogen-bond acceptors (Lipinski definition) is 6. The van der Waals surface area contributed by atoms with Crippen molar-refractivity contribution in [2.45, 2.75) is 12.0 Å². The lowest BCUT2D eigenvalue weighted by molar-refractivity contribution is -0.384. The van der Waals surface area contributed by atoms with Gasteiger partial charge in [-0.1, -0.05) is 12.1 Å². The van der Waals surface area contributed by atoms with Gasteiger partial charge in [0.2, 0.25) is 0 Å². The summed E-state index contributed by atoms with van der Waals surface area (Å²) in [6.07, 6.45) is 0.569. The second kappa shape index (κ2) is 7.15. The lowest BCUT2D eigenvalue weighted by atomic mass is 10.0. The molecule has 0 aliphatic rings. The summed E-state index contributed by atoms with van der Waals surface area (Å²) in [6, 6.07) is 6.15. The van der Waals surface area contributed by atoms with E-state index in [0.29, 0.717) is 13.0 Å². The maximum Gasteiger partial charge on any atom is 0.269 e. The topological polar surface area (TPSA) is 116 Å². The first kappa shape index (κ1) is 15.5. The van der Waals surface area contributed by atoms with E-state index in [1.807, 2.05) is 0 Å². The molecule has 0 aliphatic carbocycles. The third-order valence-corrected chi connectivity index (χ3v) is 2.97. The summed E-state index contributed by atoms with van der Waals surface area (Å²) in [6.45, 7) is -0.694. The van der Waals surface area contributed by atoms with Crippen LogP contribution in [0.25, 0.3) is 0 Å². The fourth-order valence-electron chi connectivity index (χ4n) is 1.57. The van der Waals surface area contributed by atoms with Crippen LogP contribution in [0.5, 0.6) is 0 Å². The molecule has 4 N–H and O–H groups in total. The van der Waals surface area contributed by atoms with Gasteiger partial charge < -0.3 is 20.6 Å². The fraction of sp³-hybridized carbons (Fsp3) is 0.500. The van der Waals surface area contributed by atoms with Gasteiger partial charge in [0, 0.05) is 12.1 Å². The maximum absolute atomic E-state index is 10.5. The Balaban J connectivity index is 2.51. The highest BCUT2D eigenvalue weighted by Gasteiger charge is 2.26. The molecule has 0 radical (unpaired) electrons. The van der Waals surface area contributed by atoms with Crippen molar-refractivity contribution in [1.29, 1.82) is 0 Å². The van der Waals surface area contributed by atoms with Crippen LogP contribution in [0, 0.1) is 10.1 Å². The van der Waals surface area contributed by atoms with E-state index >= 15 is 0 Å². The van der Waals surface area contributed by atoms with Gasteiger partial charge in [-0.3, -0.25) is 10.1 Å². The molecular formula is C12H18N2O5. The van der Waals surface area contributed by atoms with Gasteiger partial charge in [-0.2, -0.15) is 0 Å². The Morgan fingerprint density at radius 2 is 1.63 bits per heavy atom. The summed E-state index contributed by atoms with van der Waals surface area (Å²) < 4.78 is 0. The molecule has 0 amide bonds. The predicted molar refractivity (Wildman–Crippen MR) is 68.8 cm³/mol. The number of nitrogens with zero attached hydrogens (tertiary/aromatic N) is 1. The predicted octanol–water partition coefficient (Wildman–Crippen LogP) is -0.557. The zero-order valence-electron chi connectivity index (χ0n) is 10.5. The molecule has 0 spiro atoms. The molecule has 0 bridgehead atoms. The Morgan fingerprint density at radius 1 is 1.11 bits per heavy atom. The number of non-ortho nitro benzene ring substituents is 1. The number of rotatable bonds is 8. The van der Waals surface area contributed by atoms with Crippen molar-refractivity contribution in [3.63, 3.8) is 0 Å². The number of hydrogen-bond donors (Lipinski definition) is 4. The number of aliphatic hydroxyl groups is 3. The summed E-state index contributed by atoms with van der Waals surface area (Å²) in [5, 5.41) is 40.7. The Kier molecular flexibility index (Phi) is 5.84. The number of benzene rings is 1. The molecule has 19 heavy (non-hydrogen) atoms. The second-order valence-electron chi connectivity index (χ2n) is 4.36. The molecule has 0 heterocycles. The van der Waals surface area contributed by atoms with Gasteiger partial charge in [0.05, 0.1) is 30.3 Å². The van der Waals surface area contributed by atoms with Crippen molar-refractivity contribution >= 4 is 5.69 Å². The van der Waals surface area contributed by atoms with E-state index in [1.54, 1.807) is 12.1 Å². The molecule has 7 nitrogen and oxygen atoms in total. The van der Waals surface area contributed by atoms with Crippen LogP contribution in [0.2, 0.25) is 0 Å². The van der Waals surface area contributed by atoms with Crippen molar-refractivity contribution in [2.75, 3.05) is 26.4 Å². The van der Waals surface area contributed by atoms with Gasteiger partial charge >= 0.3 is 0 Å². The highest BCUT2D eigenvalue weighted by molar-refractivity contribution is 5.32. The van der Waals surface area contributed by atoms with Gasteiger partial charge in [-0.05, 0) is 18.5 Å². The van der Waals surface area contributed by atoms with Gasteiger partial charge in [0.15, 0.2) is 0 Å². The molecule has 0 fully saturated rings. The molecule has 0 atom stereocenters. The molecule has 0 saturated heterocycles. The largest absolute Gasteiger partial charge is 0.394 e. The minimum atomic E-state index is -1.10. The SMILES string of the molecule is O=[N+]([O-])c1ccc(CCNC(CO)(CO)CO)cc1. The van der Waals surface area contributed by atoms with E-state index in [1.165, 1.54) is 12.1 Å². The van der Waals surface area contributed by atoms with Gasteiger partial charge in [-0.25, -0.2) is 0 Å². The summed E-state index contributed by atoms with van der Waals surface area (Å²) in [7, 11) is 0. The number of nitro benzene ring substituents is 1. The molecule has 0 aromatic heterocycles. The van der Waals surface area contributed by atoms with Crippen LogP contribution in [0.4, 0.5) is 5.69 Å². The summed E-state index contributed by atoms with van der Waals surface area (Å²) in [5.74, 6) is 0. The molecule has 1 rings (SSSR count). The molecule has 1 aromatic carbocycles. The fourth-order valence-corrected chi connectivity index (χ4v) is 1.57. The zero-order valence-corrected chi connectivity index (χ0v) is 10.5. The first-order valence-electron chi connectivity index (χ1n) is 5.88. The van der Waals surface area contributed by atoms with Crippen molar-refractivity contribution in [1.82, 2.24) is 5.32 Å². The van der Waals surface area contributed by atoms with Crippen LogP contribution in [0.3, 0.4) is 0 Å². The normalized spacial score (nSPS) is 11.5.